The number of nitrogens with two attached hydrogens (primary N) is 1. The molecule has 3 N–H and O–H groups in total. The summed E-state index contributed by atoms with van der Waals surface area (Å²) >= 11 is 0. The molecule has 0 bridgehead atoms. The fraction of sp³-hybridized carbons (Fsp3) is 0.462. The minimum atomic E-state index is -0.381. The number of benzene rings is 1. The third-order valence-corrected chi connectivity index (χ3v) is 2.95. The van der Waals surface area contributed by atoms with Crippen molar-refractivity contribution in [1.82, 2.24) is 4.90 Å². The van der Waals surface area contributed by atoms with E-state index in [1.807, 2.05) is 6.92 Å². The normalized spacial score (nSPS) is 23.2. The van der Waals surface area contributed by atoms with Gasteiger partial charge in [0, 0.05) is 25.3 Å². The molecular weight excluding hydrogens is 249 g/mol. The third-order valence-electron chi connectivity index (χ3n) is 2.95. The number of carbonyl (C=O) groups is 1. The molecule has 1 aliphatic heterocycles. The molecular formula is C13H18FN3O2. The van der Waals surface area contributed by atoms with Crippen molar-refractivity contribution in [1.29, 1.82) is 0 Å². The van der Waals surface area contributed by atoms with Gasteiger partial charge in [0.1, 0.15) is 5.82 Å². The van der Waals surface area contributed by atoms with Crippen LogP contribution < -0.4 is 11.1 Å². The summed E-state index contributed by atoms with van der Waals surface area (Å²) < 4.78 is 18.6. The monoisotopic (exact) mass is 267 g/mol. The average molecular weight is 267 g/mol. The second-order valence-electron chi connectivity index (χ2n) is 4.65. The fourth-order valence-electron chi connectivity index (χ4n) is 2.11. The van der Waals surface area contributed by atoms with Gasteiger partial charge in [-0.25, -0.2) is 9.18 Å². The van der Waals surface area contributed by atoms with E-state index in [-0.39, 0.29) is 24.1 Å². The number of hydrogen-bond acceptors (Lipinski definition) is 3. The van der Waals surface area contributed by atoms with Gasteiger partial charge < -0.3 is 20.7 Å². The van der Waals surface area contributed by atoms with E-state index in [9.17, 15) is 9.18 Å². The average Bonchev–Trinajstić information content (AvgIpc) is 2.38. The number of amides is 2. The Kier molecular flexibility index (Phi) is 4.34. The van der Waals surface area contributed by atoms with Crippen LogP contribution in [0.4, 0.5) is 14.9 Å². The maximum atomic E-state index is 13.0. The number of nitrogens with zero attached hydrogens (tertiary/aromatic N) is 1. The Bertz CT molecular complexity index is 455. The molecule has 2 unspecified atom stereocenters. The van der Waals surface area contributed by atoms with Crippen molar-refractivity contribution in [3.8, 4) is 0 Å². The first kappa shape index (κ1) is 13.8. The zero-order valence-electron chi connectivity index (χ0n) is 10.8. The molecule has 0 aromatic heterocycles. The highest BCUT2D eigenvalue weighted by Crippen LogP contribution is 2.14. The Balaban J connectivity index is 1.99. The highest BCUT2D eigenvalue weighted by molar-refractivity contribution is 5.89. The zero-order chi connectivity index (χ0) is 13.8. The Morgan fingerprint density at radius 1 is 1.58 bits per heavy atom. The molecule has 19 heavy (non-hydrogen) atoms. The Hall–Kier alpha value is -1.66. The molecule has 1 heterocycles. The van der Waals surface area contributed by atoms with E-state index >= 15 is 0 Å². The first-order valence-electron chi connectivity index (χ1n) is 6.25. The van der Waals surface area contributed by atoms with Crippen molar-refractivity contribution in [3.63, 3.8) is 0 Å². The van der Waals surface area contributed by atoms with E-state index in [2.05, 4.69) is 5.32 Å². The van der Waals surface area contributed by atoms with E-state index in [1.165, 1.54) is 12.1 Å². The summed E-state index contributed by atoms with van der Waals surface area (Å²) in [7, 11) is 0. The maximum absolute atomic E-state index is 13.0. The van der Waals surface area contributed by atoms with E-state index in [0.29, 0.717) is 25.3 Å². The summed E-state index contributed by atoms with van der Waals surface area (Å²) in [6.07, 6.45) is -0.206. The molecule has 2 amide bonds. The van der Waals surface area contributed by atoms with Gasteiger partial charge in [0.2, 0.25) is 0 Å². The molecule has 1 aliphatic rings. The molecule has 104 valence electrons. The van der Waals surface area contributed by atoms with Crippen LogP contribution in [0.25, 0.3) is 0 Å². The highest BCUT2D eigenvalue weighted by Gasteiger charge is 2.27. The standard InChI is InChI=1S/C13H18FN3O2/c1-9-7-17(8-12(6-15)19-9)13(18)16-11-4-2-3-10(14)5-11/h2-5,9,12H,6-8,15H2,1H3,(H,16,18). The predicted molar refractivity (Wildman–Crippen MR) is 70.4 cm³/mol. The lowest BCUT2D eigenvalue weighted by atomic mass is 10.2. The minimum Gasteiger partial charge on any atom is -0.370 e. The third kappa shape index (κ3) is 3.65. The lowest BCUT2D eigenvalue weighted by Crippen LogP contribution is -2.52. The van der Waals surface area contributed by atoms with Crippen molar-refractivity contribution in [2.45, 2.75) is 19.1 Å². The molecule has 1 fully saturated rings. The molecule has 0 radical (unpaired) electrons. The minimum absolute atomic E-state index is 0.0550. The maximum Gasteiger partial charge on any atom is 0.322 e. The molecule has 0 aliphatic carbocycles. The van der Waals surface area contributed by atoms with Gasteiger partial charge in [0.15, 0.2) is 0 Å². The van der Waals surface area contributed by atoms with E-state index in [1.54, 1.807) is 17.0 Å². The molecule has 1 saturated heterocycles. The van der Waals surface area contributed by atoms with Crippen LogP contribution in [0.5, 0.6) is 0 Å². The molecule has 2 atom stereocenters. The van der Waals surface area contributed by atoms with Crippen molar-refractivity contribution in [3.05, 3.63) is 30.1 Å². The number of halogens is 1. The fourth-order valence-corrected chi connectivity index (χ4v) is 2.11. The molecule has 0 saturated carbocycles. The molecule has 2 rings (SSSR count). The molecule has 0 spiro atoms. The van der Waals surface area contributed by atoms with Gasteiger partial charge in [-0.2, -0.15) is 0 Å². The molecule has 6 heteroatoms. The number of anilines is 1. The number of nitrogens with one attached hydrogen (secondary N) is 1. The summed E-state index contributed by atoms with van der Waals surface area (Å²) in [4.78, 5) is 13.7. The van der Waals surface area contributed by atoms with Crippen molar-refractivity contribution in [2.24, 2.45) is 5.73 Å². The predicted octanol–water partition coefficient (Wildman–Crippen LogP) is 1.41. The number of hydrogen-bond donors (Lipinski definition) is 2. The first-order chi connectivity index (χ1) is 9.08. The topological polar surface area (TPSA) is 67.6 Å². The van der Waals surface area contributed by atoms with Crippen molar-refractivity contribution >= 4 is 11.7 Å². The van der Waals surface area contributed by atoms with Crippen LogP contribution in [-0.2, 0) is 4.74 Å². The second-order valence-corrected chi connectivity index (χ2v) is 4.65. The lowest BCUT2D eigenvalue weighted by molar-refractivity contribution is -0.0573. The summed E-state index contributed by atoms with van der Waals surface area (Å²) in [5, 5.41) is 2.67. The SMILES string of the molecule is CC1CN(C(=O)Nc2cccc(F)c2)CC(CN)O1. The number of rotatable bonds is 2. The van der Waals surface area contributed by atoms with Crippen LogP contribution in [0.2, 0.25) is 0 Å². The smallest absolute Gasteiger partial charge is 0.322 e. The second kappa shape index (κ2) is 5.99. The molecule has 1 aromatic carbocycles. The van der Waals surface area contributed by atoms with Crippen LogP contribution in [0.1, 0.15) is 6.92 Å². The highest BCUT2D eigenvalue weighted by atomic mass is 19.1. The number of urea groups is 1. The van der Waals surface area contributed by atoms with Gasteiger partial charge in [-0.05, 0) is 25.1 Å². The quantitative estimate of drug-likeness (QED) is 0.851. The summed E-state index contributed by atoms with van der Waals surface area (Å²) in [6, 6.07) is 5.54. The Morgan fingerprint density at radius 2 is 2.37 bits per heavy atom. The van der Waals surface area contributed by atoms with Crippen molar-refractivity contribution < 1.29 is 13.9 Å². The van der Waals surface area contributed by atoms with E-state index < -0.39 is 0 Å². The largest absolute Gasteiger partial charge is 0.370 e. The van der Waals surface area contributed by atoms with E-state index in [4.69, 9.17) is 10.5 Å². The van der Waals surface area contributed by atoms with Crippen LogP contribution in [-0.4, -0.2) is 42.8 Å². The van der Waals surface area contributed by atoms with Gasteiger partial charge in [0.25, 0.3) is 0 Å². The number of carbonyl (C=O) groups excluding carboxylic acids is 1. The summed E-state index contributed by atoms with van der Waals surface area (Å²) in [6.45, 7) is 3.21. The van der Waals surface area contributed by atoms with Gasteiger partial charge in [0.05, 0.1) is 12.2 Å². The van der Waals surface area contributed by atoms with E-state index in [0.717, 1.165) is 0 Å². The van der Waals surface area contributed by atoms with Crippen LogP contribution >= 0.6 is 0 Å². The van der Waals surface area contributed by atoms with Crippen LogP contribution in [0.15, 0.2) is 24.3 Å². The first-order valence-corrected chi connectivity index (χ1v) is 6.25. The Labute approximate surface area is 111 Å². The van der Waals surface area contributed by atoms with Crippen LogP contribution in [0.3, 0.4) is 0 Å². The lowest BCUT2D eigenvalue weighted by Gasteiger charge is -2.36. The van der Waals surface area contributed by atoms with Gasteiger partial charge in [-0.15, -0.1) is 0 Å². The van der Waals surface area contributed by atoms with Gasteiger partial charge in [-0.1, -0.05) is 6.07 Å². The van der Waals surface area contributed by atoms with Crippen molar-refractivity contribution in [2.75, 3.05) is 25.0 Å². The zero-order valence-corrected chi connectivity index (χ0v) is 10.8. The van der Waals surface area contributed by atoms with Gasteiger partial charge >= 0.3 is 6.03 Å². The van der Waals surface area contributed by atoms with Crippen LogP contribution in [0, 0.1) is 5.82 Å². The summed E-state index contributed by atoms with van der Waals surface area (Å²) in [5.41, 5.74) is 6.01. The summed E-state index contributed by atoms with van der Waals surface area (Å²) in [5.74, 6) is -0.381. The number of ether oxygens (including phenoxy) is 1. The molecule has 5 nitrogen and oxygen atoms in total. The van der Waals surface area contributed by atoms with Gasteiger partial charge in [-0.3, -0.25) is 0 Å². The number of morpholine rings is 1. The molecule has 1 aromatic rings. The Morgan fingerprint density at radius 3 is 3.05 bits per heavy atom.